The van der Waals surface area contributed by atoms with E-state index in [1.54, 1.807) is 19.1 Å². The summed E-state index contributed by atoms with van der Waals surface area (Å²) in [4.78, 5) is 63.7. The van der Waals surface area contributed by atoms with Gasteiger partial charge in [0.05, 0.1) is 17.4 Å². The second-order valence-electron chi connectivity index (χ2n) is 12.6. The number of likely N-dealkylation sites (N-methyl/N-ethyl adjacent to an activating group) is 1. The highest BCUT2D eigenvalue weighted by Crippen LogP contribution is 2.62. The molecule has 2 heterocycles. The number of rotatable bonds is 11. The molecule has 1 aliphatic carbocycles. The van der Waals surface area contributed by atoms with Crippen LogP contribution in [0, 0.1) is 6.92 Å². The quantitative estimate of drug-likeness (QED) is 0.138. The fourth-order valence-corrected chi connectivity index (χ4v) is 7.05. The van der Waals surface area contributed by atoms with Crippen molar-refractivity contribution in [3.63, 3.8) is 0 Å². The summed E-state index contributed by atoms with van der Waals surface area (Å²) in [6.07, 6.45) is -9.98. The van der Waals surface area contributed by atoms with Crippen LogP contribution in [0.3, 0.4) is 0 Å². The molecule has 8 atom stereocenters. The number of hydrogen-bond acceptors (Lipinski definition) is 14. The van der Waals surface area contributed by atoms with E-state index in [4.69, 9.17) is 24.1 Å². The molecule has 1 fully saturated rings. The second kappa shape index (κ2) is 13.7. The Morgan fingerprint density at radius 2 is 1.64 bits per heavy atom. The number of aliphatic carboxylic acids is 2. The Kier molecular flexibility index (Phi) is 9.94. The lowest BCUT2D eigenvalue weighted by Crippen LogP contribution is -2.71. The number of carboxylic acid groups (broad SMARTS) is 2. The van der Waals surface area contributed by atoms with E-state index in [-0.39, 0.29) is 29.2 Å². The topological polar surface area (TPSA) is 247 Å². The van der Waals surface area contributed by atoms with Gasteiger partial charge in [0.25, 0.3) is 0 Å². The maximum absolute atomic E-state index is 13.3. The molecule has 0 amide bonds. The van der Waals surface area contributed by atoms with Crippen LogP contribution in [0.5, 0.6) is 11.5 Å². The first-order chi connectivity index (χ1) is 23.5. The zero-order chi connectivity index (χ0) is 36.7. The summed E-state index contributed by atoms with van der Waals surface area (Å²) < 4.78 is 21.6. The van der Waals surface area contributed by atoms with Crippen molar-refractivity contribution in [2.45, 2.75) is 80.7 Å². The number of esters is 3. The first-order valence-corrected chi connectivity index (χ1v) is 15.6. The van der Waals surface area contributed by atoms with E-state index < -0.39 is 83.8 Å². The van der Waals surface area contributed by atoms with Gasteiger partial charge in [-0.05, 0) is 51.6 Å². The van der Waals surface area contributed by atoms with E-state index in [1.165, 1.54) is 36.4 Å². The van der Waals surface area contributed by atoms with Crippen LogP contribution in [0.1, 0.15) is 49.0 Å². The van der Waals surface area contributed by atoms with Crippen molar-refractivity contribution in [1.82, 2.24) is 4.90 Å². The minimum atomic E-state index is -2.64. The van der Waals surface area contributed by atoms with Crippen LogP contribution in [0.15, 0.2) is 54.3 Å². The number of aliphatic hydroxyl groups is 3. The number of piperidine rings is 1. The molecule has 0 bridgehead atoms. The smallest absolute Gasteiger partial charge is 0.353 e. The number of phenols is 1. The molecule has 5 rings (SSSR count). The first kappa shape index (κ1) is 36.3. The normalized spacial score (nSPS) is 26.3. The molecular formula is C34H37NO15. The number of aromatic hydroxyl groups is 1. The summed E-state index contributed by atoms with van der Waals surface area (Å²) in [5.74, 6) is -8.35. The van der Waals surface area contributed by atoms with Crippen LogP contribution in [0.4, 0.5) is 0 Å². The van der Waals surface area contributed by atoms with Gasteiger partial charge in [0.1, 0.15) is 5.76 Å². The zero-order valence-corrected chi connectivity index (χ0v) is 27.2. The molecule has 50 heavy (non-hydrogen) atoms. The number of phenolic OH excluding ortho intramolecular Hbond substituents is 1. The Balaban J connectivity index is 1.37. The summed E-state index contributed by atoms with van der Waals surface area (Å²) in [6.45, 7) is 4.14. The summed E-state index contributed by atoms with van der Waals surface area (Å²) in [7, 11) is 1.86. The van der Waals surface area contributed by atoms with Crippen molar-refractivity contribution in [3.8, 4) is 11.5 Å². The second-order valence-corrected chi connectivity index (χ2v) is 12.6. The molecule has 16 heteroatoms. The molecular weight excluding hydrogens is 662 g/mol. The van der Waals surface area contributed by atoms with Gasteiger partial charge in [-0.25, -0.2) is 19.2 Å². The molecule has 0 aromatic heterocycles. The summed E-state index contributed by atoms with van der Waals surface area (Å²) in [6, 6.07) is 9.69. The Hall–Kier alpha value is -5.03. The Morgan fingerprint density at radius 1 is 0.980 bits per heavy atom. The highest BCUT2D eigenvalue weighted by molar-refractivity contribution is 5.89. The maximum Gasteiger partial charge on any atom is 0.353 e. The monoisotopic (exact) mass is 699 g/mol. The summed E-state index contributed by atoms with van der Waals surface area (Å²) in [5.41, 5.74) is -1.48. The Morgan fingerprint density at radius 3 is 2.28 bits per heavy atom. The molecule has 3 aliphatic rings. The predicted octanol–water partition coefficient (Wildman–Crippen LogP) is 0.463. The van der Waals surface area contributed by atoms with Gasteiger partial charge in [-0.15, -0.1) is 0 Å². The standard InChI is InChI=1S/C34H37NO15/c1-16-9-10-19(36)27-23(16)33-13-14-35(3)17(2)34(33,46)12-11-20(28(33)49-27)47-30(43)24(39)25(40)31(44)50-26(18-7-5-4-6-8-18)32(45)48-21(29(41)42)15-22(37)38/h4-11,17,21,24-26,28,36,39-40,46H,12-15H2,1-3H3,(H,37,38)(H,41,42)/t17-,21+,24-,25-,26+,28+,33+,34-/m1/s1. The zero-order valence-electron chi connectivity index (χ0n) is 27.2. The van der Waals surface area contributed by atoms with Crippen LogP contribution < -0.4 is 4.74 Å². The van der Waals surface area contributed by atoms with Crippen molar-refractivity contribution in [1.29, 1.82) is 0 Å². The number of aryl methyl sites for hydroxylation is 1. The van der Waals surface area contributed by atoms with Crippen LogP contribution in [0.25, 0.3) is 0 Å². The van der Waals surface area contributed by atoms with Crippen LogP contribution in [-0.4, -0.2) is 115 Å². The van der Waals surface area contributed by atoms with E-state index >= 15 is 0 Å². The van der Waals surface area contributed by atoms with E-state index in [2.05, 4.69) is 0 Å². The molecule has 0 unspecified atom stereocenters. The van der Waals surface area contributed by atoms with Crippen molar-refractivity contribution in [2.24, 2.45) is 0 Å². The van der Waals surface area contributed by atoms with Gasteiger partial charge in [0, 0.05) is 23.6 Å². The number of hydrogen-bond donors (Lipinski definition) is 6. The third-order valence-electron chi connectivity index (χ3n) is 9.78. The third kappa shape index (κ3) is 6.15. The van der Waals surface area contributed by atoms with Crippen LogP contribution >= 0.6 is 0 Å². The summed E-state index contributed by atoms with van der Waals surface area (Å²) in [5, 5.41) is 62.7. The number of likely N-dealkylation sites (tertiary alicyclic amines) is 1. The lowest BCUT2D eigenvalue weighted by atomic mass is 9.54. The average Bonchev–Trinajstić information content (AvgIpc) is 3.45. The van der Waals surface area contributed by atoms with E-state index in [0.29, 0.717) is 24.1 Å². The largest absolute Gasteiger partial charge is 0.504 e. The highest BCUT2D eigenvalue weighted by atomic mass is 16.6. The molecule has 1 spiro atoms. The van der Waals surface area contributed by atoms with Crippen LogP contribution in [-0.2, 0) is 43.6 Å². The average molecular weight is 700 g/mol. The van der Waals surface area contributed by atoms with E-state index in [1.807, 2.05) is 18.9 Å². The van der Waals surface area contributed by atoms with E-state index in [0.717, 1.165) is 0 Å². The molecule has 2 aromatic carbocycles. The van der Waals surface area contributed by atoms with Crippen molar-refractivity contribution < 1.29 is 73.6 Å². The molecule has 2 aromatic rings. The van der Waals surface area contributed by atoms with Gasteiger partial charge in [-0.2, -0.15) is 0 Å². The van der Waals surface area contributed by atoms with Gasteiger partial charge >= 0.3 is 29.8 Å². The van der Waals surface area contributed by atoms with Crippen molar-refractivity contribution in [3.05, 3.63) is 71.0 Å². The molecule has 16 nitrogen and oxygen atoms in total. The number of benzene rings is 2. The minimum Gasteiger partial charge on any atom is -0.504 e. The van der Waals surface area contributed by atoms with E-state index in [9.17, 15) is 49.5 Å². The number of nitrogens with zero attached hydrogens (tertiary/aromatic N) is 1. The highest BCUT2D eigenvalue weighted by Gasteiger charge is 2.69. The first-order valence-electron chi connectivity index (χ1n) is 15.6. The van der Waals surface area contributed by atoms with Gasteiger partial charge in [-0.3, -0.25) is 4.79 Å². The molecule has 0 radical (unpaired) electrons. The van der Waals surface area contributed by atoms with Gasteiger partial charge in [0.15, 0.2) is 29.8 Å². The van der Waals surface area contributed by atoms with Gasteiger partial charge < -0.3 is 54.5 Å². The number of carboxylic acids is 2. The molecule has 2 aliphatic heterocycles. The third-order valence-corrected chi connectivity index (χ3v) is 9.78. The molecule has 1 saturated heterocycles. The number of aliphatic hydroxyl groups excluding tert-OH is 2. The van der Waals surface area contributed by atoms with Crippen molar-refractivity contribution >= 4 is 29.8 Å². The fourth-order valence-electron chi connectivity index (χ4n) is 7.05. The fraction of sp³-hybridized carbons (Fsp3) is 0.441. The minimum absolute atomic E-state index is 0.0315. The number of carbonyl (C=O) groups is 5. The van der Waals surface area contributed by atoms with Crippen molar-refractivity contribution in [2.75, 3.05) is 13.6 Å². The summed E-state index contributed by atoms with van der Waals surface area (Å²) >= 11 is 0. The van der Waals surface area contributed by atoms with Gasteiger partial charge in [-0.1, -0.05) is 36.4 Å². The lowest BCUT2D eigenvalue weighted by Gasteiger charge is -2.58. The molecule has 0 saturated carbocycles. The molecule has 268 valence electrons. The number of ether oxygens (including phenoxy) is 4. The van der Waals surface area contributed by atoms with Crippen LogP contribution in [0.2, 0.25) is 0 Å². The maximum atomic E-state index is 13.3. The van der Waals surface area contributed by atoms with Gasteiger partial charge in [0.2, 0.25) is 12.2 Å². The Labute approximate surface area is 285 Å². The predicted molar refractivity (Wildman–Crippen MR) is 166 cm³/mol. The SMILES string of the molecule is Cc1ccc(O)c2c1[C@]13CCN(C)[C@H](C)[C@]1(O)CC=C(OC(=O)[C@H](O)[C@@H](O)C(=O)O[C@H](C(=O)O[C@@H](CC(=O)O)C(=O)O)c1ccccc1)[C@@H]3O2. The Bertz CT molecular complexity index is 1730. The lowest BCUT2D eigenvalue weighted by molar-refractivity contribution is -0.187. The molecule has 6 N–H and O–H groups in total. The number of fused-ring (bicyclic) bond motifs is 1. The number of carbonyl (C=O) groups excluding carboxylic acids is 3.